The number of nitrogens with zero attached hydrogens (tertiary/aromatic N) is 4. The number of anilines is 1. The van der Waals surface area contributed by atoms with Gasteiger partial charge in [-0.15, -0.1) is 12.4 Å². The first-order valence-corrected chi connectivity index (χ1v) is 12.8. The van der Waals surface area contributed by atoms with Crippen molar-refractivity contribution in [3.8, 4) is 0 Å². The molecule has 2 aromatic rings. The van der Waals surface area contributed by atoms with Crippen LogP contribution in [0.4, 0.5) is 6.01 Å². The van der Waals surface area contributed by atoms with Gasteiger partial charge in [-0.3, -0.25) is 9.59 Å². The summed E-state index contributed by atoms with van der Waals surface area (Å²) in [4.78, 5) is 36.9. The van der Waals surface area contributed by atoms with Gasteiger partial charge in [0.2, 0.25) is 5.91 Å². The van der Waals surface area contributed by atoms with Crippen molar-refractivity contribution in [1.29, 1.82) is 0 Å². The first kappa shape index (κ1) is 25.8. The first-order chi connectivity index (χ1) is 16.4. The van der Waals surface area contributed by atoms with Gasteiger partial charge in [0.1, 0.15) is 5.52 Å². The van der Waals surface area contributed by atoms with Gasteiger partial charge in [0.05, 0.1) is 5.56 Å². The molecule has 0 spiro atoms. The number of nitrogens with one attached hydrogen (secondary N) is 1. The van der Waals surface area contributed by atoms with Crippen LogP contribution in [0, 0.1) is 0 Å². The number of fused-ring (bicyclic) bond motifs is 3. The van der Waals surface area contributed by atoms with E-state index in [2.05, 4.69) is 36.0 Å². The van der Waals surface area contributed by atoms with Crippen LogP contribution in [0.15, 0.2) is 22.6 Å². The lowest BCUT2D eigenvalue weighted by molar-refractivity contribution is -0.132. The molecule has 1 N–H and O–H groups in total. The van der Waals surface area contributed by atoms with Gasteiger partial charge in [-0.2, -0.15) is 4.98 Å². The van der Waals surface area contributed by atoms with Gasteiger partial charge in [-0.1, -0.05) is 19.4 Å². The molecule has 4 heterocycles. The summed E-state index contributed by atoms with van der Waals surface area (Å²) in [5.74, 6) is 0.102. The number of rotatable bonds is 4. The molecule has 0 saturated carbocycles. The lowest BCUT2D eigenvalue weighted by Crippen LogP contribution is -2.58. The summed E-state index contributed by atoms with van der Waals surface area (Å²) in [6.45, 7) is 7.36. The molecule has 0 aliphatic carbocycles. The molecule has 9 heteroatoms. The Balaban J connectivity index is 0.00000289. The number of carbonyl (C=O) groups excluding carboxylic acids is 2. The van der Waals surface area contributed by atoms with E-state index in [0.717, 1.165) is 12.8 Å². The zero-order valence-corrected chi connectivity index (χ0v) is 22.0. The van der Waals surface area contributed by atoms with Gasteiger partial charge >= 0.3 is 0 Å². The maximum atomic E-state index is 13.3. The number of piperazine rings is 1. The van der Waals surface area contributed by atoms with E-state index < -0.39 is 0 Å². The zero-order valence-electron chi connectivity index (χ0n) is 21.2. The van der Waals surface area contributed by atoms with Crippen LogP contribution in [0.25, 0.3) is 11.1 Å². The Hall–Kier alpha value is -2.32. The van der Waals surface area contributed by atoms with Crippen molar-refractivity contribution < 1.29 is 14.0 Å². The number of benzene rings is 1. The molecule has 2 bridgehead atoms. The van der Waals surface area contributed by atoms with Crippen molar-refractivity contribution in [2.45, 2.75) is 89.5 Å². The SMILES string of the molecule is CCC(=O)N1C[C@H](C)N(c2nc3c(C(=O)NC4CC5CCCC(C4)N5C)cccc3o2)[C@@H](C)C1.Cl. The summed E-state index contributed by atoms with van der Waals surface area (Å²) in [6, 6.07) is 7.56. The summed E-state index contributed by atoms with van der Waals surface area (Å²) in [5, 5.41) is 3.30. The summed E-state index contributed by atoms with van der Waals surface area (Å²) in [5.41, 5.74) is 1.79. The number of halogens is 1. The minimum absolute atomic E-state index is 0. The van der Waals surface area contributed by atoms with Gasteiger partial charge in [-0.25, -0.2) is 0 Å². The molecule has 3 aliphatic heterocycles. The Morgan fingerprint density at radius 3 is 2.40 bits per heavy atom. The minimum Gasteiger partial charge on any atom is -0.423 e. The molecule has 3 fully saturated rings. The topological polar surface area (TPSA) is 81.9 Å². The summed E-state index contributed by atoms with van der Waals surface area (Å²) < 4.78 is 6.15. The van der Waals surface area contributed by atoms with Crippen molar-refractivity contribution >= 4 is 41.3 Å². The van der Waals surface area contributed by atoms with Crippen LogP contribution >= 0.6 is 12.4 Å². The number of hydrogen-bond acceptors (Lipinski definition) is 6. The molecule has 0 radical (unpaired) electrons. The maximum absolute atomic E-state index is 13.3. The zero-order chi connectivity index (χ0) is 24.0. The number of oxazole rings is 1. The van der Waals surface area contributed by atoms with E-state index in [0.29, 0.717) is 54.3 Å². The second-order valence-corrected chi connectivity index (χ2v) is 10.5. The van der Waals surface area contributed by atoms with Gasteiger partial charge < -0.3 is 24.4 Å². The van der Waals surface area contributed by atoms with Gasteiger partial charge in [0.15, 0.2) is 5.58 Å². The summed E-state index contributed by atoms with van der Waals surface area (Å²) >= 11 is 0. The van der Waals surface area contributed by atoms with Crippen LogP contribution in [0.5, 0.6) is 0 Å². The van der Waals surface area contributed by atoms with E-state index in [-0.39, 0.29) is 42.3 Å². The second kappa shape index (κ2) is 10.3. The standard InChI is InChI=1S/C26H37N5O3.ClH/c1-5-23(32)30-14-16(2)31(17(3)15-30)26-28-24-21(10-7-11-22(24)34-26)25(33)27-18-12-19-8-6-9-20(13-18)29(19)4;/h7,10-11,16-20H,5-6,8-9,12-15H2,1-4H3,(H,27,33);1H/t16-,17-,18?,19?,20?;/m0./s1. The Labute approximate surface area is 213 Å². The van der Waals surface area contributed by atoms with Gasteiger partial charge in [-0.05, 0) is 58.7 Å². The number of carbonyl (C=O) groups is 2. The summed E-state index contributed by atoms with van der Waals surface area (Å²) in [6.07, 6.45) is 6.26. The molecule has 2 unspecified atom stereocenters. The second-order valence-electron chi connectivity index (χ2n) is 10.5. The molecular weight excluding hydrogens is 466 g/mol. The third kappa shape index (κ3) is 4.87. The lowest BCUT2D eigenvalue weighted by Gasteiger charge is -2.47. The van der Waals surface area contributed by atoms with Crippen molar-refractivity contribution in [2.75, 3.05) is 25.0 Å². The predicted molar refractivity (Wildman–Crippen MR) is 139 cm³/mol. The summed E-state index contributed by atoms with van der Waals surface area (Å²) in [7, 11) is 2.23. The molecule has 1 aromatic heterocycles. The molecule has 5 rings (SSSR count). The number of piperidine rings is 2. The van der Waals surface area contributed by atoms with Crippen molar-refractivity contribution in [1.82, 2.24) is 20.1 Å². The maximum Gasteiger partial charge on any atom is 0.299 e. The van der Waals surface area contributed by atoms with Crippen LogP contribution in [-0.2, 0) is 4.79 Å². The average Bonchev–Trinajstić information content (AvgIpc) is 3.22. The van der Waals surface area contributed by atoms with E-state index in [1.807, 2.05) is 30.0 Å². The molecule has 4 atom stereocenters. The molecule has 3 aliphatic rings. The van der Waals surface area contributed by atoms with Crippen LogP contribution in [0.3, 0.4) is 0 Å². The monoisotopic (exact) mass is 503 g/mol. The molecule has 1 aromatic carbocycles. The molecule has 192 valence electrons. The Morgan fingerprint density at radius 1 is 1.11 bits per heavy atom. The highest BCUT2D eigenvalue weighted by atomic mass is 35.5. The normalized spacial score (nSPS) is 29.1. The minimum atomic E-state index is -0.0717. The Kier molecular flexibility index (Phi) is 7.62. The lowest BCUT2D eigenvalue weighted by atomic mass is 9.82. The van der Waals surface area contributed by atoms with Crippen LogP contribution in [0.1, 0.15) is 69.7 Å². The van der Waals surface area contributed by atoms with Crippen molar-refractivity contribution in [2.24, 2.45) is 0 Å². The molecule has 8 nitrogen and oxygen atoms in total. The fraction of sp³-hybridized carbons (Fsp3) is 0.654. The largest absolute Gasteiger partial charge is 0.423 e. The molecular formula is C26H38ClN5O3. The van der Waals surface area contributed by atoms with E-state index >= 15 is 0 Å². The highest BCUT2D eigenvalue weighted by Gasteiger charge is 2.37. The van der Waals surface area contributed by atoms with Gasteiger partial charge in [0, 0.05) is 49.7 Å². The third-order valence-electron chi connectivity index (χ3n) is 8.12. The van der Waals surface area contributed by atoms with Crippen LogP contribution < -0.4 is 10.2 Å². The number of hydrogen-bond donors (Lipinski definition) is 1. The highest BCUT2D eigenvalue weighted by molar-refractivity contribution is 6.04. The van der Waals surface area contributed by atoms with E-state index in [1.54, 1.807) is 0 Å². The Morgan fingerprint density at radius 2 is 1.77 bits per heavy atom. The highest BCUT2D eigenvalue weighted by Crippen LogP contribution is 2.33. The molecule has 3 saturated heterocycles. The quantitative estimate of drug-likeness (QED) is 0.682. The van der Waals surface area contributed by atoms with E-state index in [9.17, 15) is 9.59 Å². The number of amides is 2. The van der Waals surface area contributed by atoms with Crippen molar-refractivity contribution in [3.05, 3.63) is 23.8 Å². The van der Waals surface area contributed by atoms with Crippen molar-refractivity contribution in [3.63, 3.8) is 0 Å². The fourth-order valence-corrected chi connectivity index (χ4v) is 6.35. The smallest absolute Gasteiger partial charge is 0.299 e. The Bertz CT molecular complexity index is 1050. The average molecular weight is 504 g/mol. The third-order valence-corrected chi connectivity index (χ3v) is 8.12. The first-order valence-electron chi connectivity index (χ1n) is 12.8. The fourth-order valence-electron chi connectivity index (χ4n) is 6.35. The van der Waals surface area contributed by atoms with E-state index in [4.69, 9.17) is 9.40 Å². The van der Waals surface area contributed by atoms with E-state index in [1.165, 1.54) is 19.3 Å². The number of aromatic nitrogens is 1. The van der Waals surface area contributed by atoms with Gasteiger partial charge in [0.25, 0.3) is 11.9 Å². The molecule has 35 heavy (non-hydrogen) atoms. The van der Waals surface area contributed by atoms with Crippen LogP contribution in [0.2, 0.25) is 0 Å². The van der Waals surface area contributed by atoms with Crippen LogP contribution in [-0.4, -0.2) is 76.9 Å². The number of para-hydroxylation sites is 1. The molecule has 2 amide bonds. The predicted octanol–water partition coefficient (Wildman–Crippen LogP) is 3.83.